The lowest BCUT2D eigenvalue weighted by Gasteiger charge is -2.31. The van der Waals surface area contributed by atoms with Gasteiger partial charge in [0, 0.05) is 0 Å². The Morgan fingerprint density at radius 1 is 1.32 bits per heavy atom. The lowest BCUT2D eigenvalue weighted by molar-refractivity contribution is -0.271. The Balaban J connectivity index is 2.10. The van der Waals surface area contributed by atoms with Gasteiger partial charge < -0.3 is 14.8 Å². The number of nitrogens with zero attached hydrogens (tertiary/aromatic N) is 2. The average molecular weight is 281 g/mol. The van der Waals surface area contributed by atoms with Gasteiger partial charge in [0.1, 0.15) is 5.69 Å². The summed E-state index contributed by atoms with van der Waals surface area (Å²) in [6, 6.07) is 0. The van der Waals surface area contributed by atoms with Gasteiger partial charge in [-0.05, 0) is 12.1 Å². The van der Waals surface area contributed by atoms with Crippen LogP contribution in [0.4, 0.5) is 19.0 Å². The Labute approximate surface area is 105 Å². The first kappa shape index (κ1) is 13.7. The van der Waals surface area contributed by atoms with Gasteiger partial charge in [-0.1, -0.05) is 5.16 Å². The van der Waals surface area contributed by atoms with Crippen LogP contribution in [0, 0.1) is 6.92 Å². The van der Waals surface area contributed by atoms with E-state index in [1.807, 2.05) is 0 Å². The first-order valence-electron chi connectivity index (χ1n) is 5.29. The Hall–Kier alpha value is -1.68. The van der Waals surface area contributed by atoms with Gasteiger partial charge in [-0.3, -0.25) is 4.79 Å². The van der Waals surface area contributed by atoms with Gasteiger partial charge in [-0.2, -0.15) is 13.2 Å². The third-order valence-corrected chi connectivity index (χ3v) is 2.43. The number of ether oxygens (including phenoxy) is 2. The molecule has 1 aliphatic heterocycles. The molecule has 1 aliphatic rings. The highest BCUT2D eigenvalue weighted by molar-refractivity contribution is 5.94. The molecule has 10 heteroatoms. The molecule has 2 atom stereocenters. The van der Waals surface area contributed by atoms with E-state index in [2.05, 4.69) is 25.0 Å². The fourth-order valence-electron chi connectivity index (χ4n) is 1.54. The number of anilines is 1. The first-order valence-corrected chi connectivity index (χ1v) is 5.29. The van der Waals surface area contributed by atoms with Crippen LogP contribution >= 0.6 is 0 Å². The Morgan fingerprint density at radius 2 is 2.00 bits per heavy atom. The predicted molar refractivity (Wildman–Crippen MR) is 53.2 cm³/mol. The number of rotatable bonds is 2. The average Bonchev–Trinajstić information content (AvgIpc) is 2.74. The van der Waals surface area contributed by atoms with Crippen LogP contribution in [0.3, 0.4) is 0 Å². The van der Waals surface area contributed by atoms with Gasteiger partial charge in [0.2, 0.25) is 0 Å². The summed E-state index contributed by atoms with van der Waals surface area (Å²) in [5.41, 5.74) is 0.244. The quantitative estimate of drug-likeness (QED) is 0.857. The van der Waals surface area contributed by atoms with Gasteiger partial charge in [0.05, 0.1) is 13.2 Å². The summed E-state index contributed by atoms with van der Waals surface area (Å²) < 4.78 is 51.7. The third-order valence-electron chi connectivity index (χ3n) is 2.43. The maximum atomic E-state index is 12.7. The van der Waals surface area contributed by atoms with Crippen LogP contribution in [0.2, 0.25) is 0 Å². The molecule has 1 aromatic rings. The molecule has 1 saturated heterocycles. The number of aryl methyl sites for hydroxylation is 1. The van der Waals surface area contributed by atoms with Crippen molar-refractivity contribution in [2.75, 3.05) is 18.5 Å². The largest absolute Gasteiger partial charge is 0.417 e. The molecule has 1 fully saturated rings. The Bertz CT molecular complexity index is 462. The van der Waals surface area contributed by atoms with Crippen LogP contribution in [-0.4, -0.2) is 47.8 Å². The van der Waals surface area contributed by atoms with Crippen LogP contribution in [0.1, 0.15) is 5.69 Å². The summed E-state index contributed by atoms with van der Waals surface area (Å²) in [6.45, 7) is 1.16. The molecule has 1 N–H and O–H groups in total. The standard InChI is InChI=1S/C9H10F3N3O4/c1-4-7(15-19-14-4)13-8(16)5-6(9(10,11)12)18-3-2-17-5/h5-6H,2-3H2,1H3,(H,13,15,16)/t5-,6+/m1/s1. The molecular formula is C9H10F3N3O4. The number of aromatic nitrogens is 2. The van der Waals surface area contributed by atoms with E-state index in [1.165, 1.54) is 6.92 Å². The topological polar surface area (TPSA) is 86.5 Å². The van der Waals surface area contributed by atoms with E-state index in [0.29, 0.717) is 0 Å². The zero-order valence-electron chi connectivity index (χ0n) is 9.73. The summed E-state index contributed by atoms with van der Waals surface area (Å²) in [4.78, 5) is 11.7. The van der Waals surface area contributed by atoms with Crippen molar-refractivity contribution in [3.8, 4) is 0 Å². The minimum Gasteiger partial charge on any atom is -0.363 e. The lowest BCUT2D eigenvalue weighted by Crippen LogP contribution is -2.53. The molecule has 2 heterocycles. The summed E-state index contributed by atoms with van der Waals surface area (Å²) in [5.74, 6) is -1.07. The number of halogens is 3. The van der Waals surface area contributed by atoms with Crippen LogP contribution in [0.15, 0.2) is 4.63 Å². The molecule has 0 unspecified atom stereocenters. The normalized spacial score (nSPS) is 24.2. The highest BCUT2D eigenvalue weighted by Gasteiger charge is 2.51. The van der Waals surface area contributed by atoms with Gasteiger partial charge >= 0.3 is 6.18 Å². The van der Waals surface area contributed by atoms with E-state index in [-0.39, 0.29) is 24.7 Å². The Kier molecular flexibility index (Phi) is 3.71. The SMILES string of the molecule is Cc1nonc1NC(=O)[C@@H]1OCCO[C@@H]1C(F)(F)F. The molecule has 1 aromatic heterocycles. The molecular weight excluding hydrogens is 271 g/mol. The minimum atomic E-state index is -4.69. The number of alkyl halides is 3. The third kappa shape index (κ3) is 3.01. The predicted octanol–water partition coefficient (Wildman–Crippen LogP) is 0.663. The van der Waals surface area contributed by atoms with Crippen LogP contribution < -0.4 is 5.32 Å². The molecule has 19 heavy (non-hydrogen) atoms. The highest BCUT2D eigenvalue weighted by atomic mass is 19.4. The van der Waals surface area contributed by atoms with Crippen LogP contribution in [0.5, 0.6) is 0 Å². The Morgan fingerprint density at radius 3 is 2.58 bits per heavy atom. The number of hydrogen-bond donors (Lipinski definition) is 1. The molecule has 0 bridgehead atoms. The zero-order valence-corrected chi connectivity index (χ0v) is 9.73. The van der Waals surface area contributed by atoms with E-state index in [0.717, 1.165) is 0 Å². The first-order chi connectivity index (χ1) is 8.89. The second kappa shape index (κ2) is 5.13. The van der Waals surface area contributed by atoms with Crippen molar-refractivity contribution in [1.29, 1.82) is 0 Å². The molecule has 0 radical (unpaired) electrons. The number of hydrogen-bond acceptors (Lipinski definition) is 6. The van der Waals surface area contributed by atoms with Crippen LogP contribution in [0.25, 0.3) is 0 Å². The van der Waals surface area contributed by atoms with Crippen molar-refractivity contribution in [1.82, 2.24) is 10.3 Å². The van der Waals surface area contributed by atoms with Crippen molar-refractivity contribution in [3.05, 3.63) is 5.69 Å². The number of amides is 1. The maximum absolute atomic E-state index is 12.7. The minimum absolute atomic E-state index is 0.0555. The number of carbonyl (C=O) groups excluding carboxylic acids is 1. The number of carbonyl (C=O) groups is 1. The van der Waals surface area contributed by atoms with Crippen molar-refractivity contribution in [2.24, 2.45) is 0 Å². The molecule has 1 amide bonds. The molecule has 7 nitrogen and oxygen atoms in total. The van der Waals surface area contributed by atoms with Crippen LogP contribution in [-0.2, 0) is 14.3 Å². The fraction of sp³-hybridized carbons (Fsp3) is 0.667. The molecule has 0 aliphatic carbocycles. The fourth-order valence-corrected chi connectivity index (χ4v) is 1.54. The summed E-state index contributed by atoms with van der Waals surface area (Å²) in [6.07, 6.45) is -8.79. The van der Waals surface area contributed by atoms with Gasteiger partial charge in [0.15, 0.2) is 18.0 Å². The second-order valence-corrected chi connectivity index (χ2v) is 3.81. The molecule has 0 saturated carbocycles. The maximum Gasteiger partial charge on any atom is 0.417 e. The highest BCUT2D eigenvalue weighted by Crippen LogP contribution is 2.29. The summed E-state index contributed by atoms with van der Waals surface area (Å²) >= 11 is 0. The van der Waals surface area contributed by atoms with Crippen molar-refractivity contribution >= 4 is 11.7 Å². The van der Waals surface area contributed by atoms with E-state index >= 15 is 0 Å². The van der Waals surface area contributed by atoms with Crippen molar-refractivity contribution in [3.63, 3.8) is 0 Å². The molecule has 2 rings (SSSR count). The van der Waals surface area contributed by atoms with E-state index in [4.69, 9.17) is 4.74 Å². The van der Waals surface area contributed by atoms with Crippen molar-refractivity contribution < 1.29 is 32.1 Å². The van der Waals surface area contributed by atoms with Crippen molar-refractivity contribution in [2.45, 2.75) is 25.3 Å². The molecule has 0 spiro atoms. The lowest BCUT2D eigenvalue weighted by atomic mass is 10.1. The smallest absolute Gasteiger partial charge is 0.363 e. The summed E-state index contributed by atoms with van der Waals surface area (Å²) in [7, 11) is 0. The van der Waals surface area contributed by atoms with Gasteiger partial charge in [0.25, 0.3) is 5.91 Å². The van der Waals surface area contributed by atoms with Gasteiger partial charge in [-0.25, -0.2) is 4.63 Å². The second-order valence-electron chi connectivity index (χ2n) is 3.81. The van der Waals surface area contributed by atoms with E-state index in [9.17, 15) is 18.0 Å². The zero-order chi connectivity index (χ0) is 14.0. The van der Waals surface area contributed by atoms with Gasteiger partial charge in [-0.15, -0.1) is 0 Å². The number of nitrogens with one attached hydrogen (secondary N) is 1. The molecule has 106 valence electrons. The monoisotopic (exact) mass is 281 g/mol. The molecule has 0 aromatic carbocycles. The van der Waals surface area contributed by atoms with E-state index in [1.54, 1.807) is 0 Å². The van der Waals surface area contributed by atoms with E-state index < -0.39 is 24.3 Å². The summed E-state index contributed by atoms with van der Waals surface area (Å²) in [5, 5.41) is 8.88.